The van der Waals surface area contributed by atoms with Crippen molar-refractivity contribution in [3.8, 4) is 11.4 Å². The summed E-state index contributed by atoms with van der Waals surface area (Å²) >= 11 is 7.54. The molecular formula is C24H24ClN5O4S. The second-order valence-electron chi connectivity index (χ2n) is 9.09. The molecule has 0 saturated carbocycles. The molecule has 0 aromatic carbocycles. The first kappa shape index (κ1) is 24.6. The van der Waals surface area contributed by atoms with Crippen LogP contribution in [0.4, 0.5) is 5.82 Å². The van der Waals surface area contributed by atoms with Gasteiger partial charge < -0.3 is 9.42 Å². The van der Waals surface area contributed by atoms with Crippen molar-refractivity contribution in [2.24, 2.45) is 5.41 Å². The SMILES string of the molecule is CN(Cc1ccc(Cl)s1)c1cc(-c2cccc(=O)n2CC(=O)c2cnoc2)nn1C(=O)C(C)(C)C. The standard InChI is InChI=1S/C24H24ClN5O4S/c1-24(2,3)23(33)30-21(28(4)12-16-8-9-20(25)35-16)10-17(27-30)18-6-5-7-22(32)29(18)13-19(31)15-11-26-34-14-15/h5-11,14H,12-13H2,1-4H3. The molecule has 182 valence electrons. The summed E-state index contributed by atoms with van der Waals surface area (Å²) in [6.45, 7) is 5.73. The van der Waals surface area contributed by atoms with Crippen molar-refractivity contribution in [2.75, 3.05) is 11.9 Å². The molecule has 0 fully saturated rings. The van der Waals surface area contributed by atoms with Gasteiger partial charge in [-0.2, -0.15) is 9.78 Å². The van der Waals surface area contributed by atoms with E-state index in [9.17, 15) is 14.4 Å². The predicted molar refractivity (Wildman–Crippen MR) is 134 cm³/mol. The Balaban J connectivity index is 1.78. The van der Waals surface area contributed by atoms with Crippen LogP contribution in [-0.2, 0) is 13.1 Å². The van der Waals surface area contributed by atoms with Crippen LogP contribution < -0.4 is 10.5 Å². The van der Waals surface area contributed by atoms with Crippen LogP contribution in [0.5, 0.6) is 0 Å². The minimum Gasteiger partial charge on any atom is -0.364 e. The number of nitrogens with zero attached hydrogens (tertiary/aromatic N) is 5. The minimum absolute atomic E-state index is 0.208. The molecule has 0 unspecified atom stereocenters. The summed E-state index contributed by atoms with van der Waals surface area (Å²) in [5.74, 6) is 0.00997. The molecule has 0 atom stereocenters. The zero-order valence-electron chi connectivity index (χ0n) is 19.7. The number of thiophene rings is 1. The molecule has 11 heteroatoms. The lowest BCUT2D eigenvalue weighted by Crippen LogP contribution is -2.31. The highest BCUT2D eigenvalue weighted by Crippen LogP contribution is 2.29. The van der Waals surface area contributed by atoms with Crippen molar-refractivity contribution in [1.29, 1.82) is 0 Å². The van der Waals surface area contributed by atoms with Crippen molar-refractivity contribution < 1.29 is 14.1 Å². The van der Waals surface area contributed by atoms with E-state index in [4.69, 9.17) is 16.1 Å². The van der Waals surface area contributed by atoms with E-state index in [-0.39, 0.29) is 29.4 Å². The monoisotopic (exact) mass is 513 g/mol. The summed E-state index contributed by atoms with van der Waals surface area (Å²) < 4.78 is 8.11. The number of ketones is 1. The van der Waals surface area contributed by atoms with Crippen LogP contribution in [0.3, 0.4) is 0 Å². The molecule has 4 aromatic heterocycles. The van der Waals surface area contributed by atoms with Gasteiger partial charge in [0.1, 0.15) is 17.8 Å². The number of carbonyl (C=O) groups is 2. The van der Waals surface area contributed by atoms with E-state index < -0.39 is 5.41 Å². The highest BCUT2D eigenvalue weighted by molar-refractivity contribution is 7.16. The molecular weight excluding hydrogens is 490 g/mol. The lowest BCUT2D eigenvalue weighted by molar-refractivity contribution is 0.0750. The first-order chi connectivity index (χ1) is 16.5. The number of halogens is 1. The Hall–Kier alpha value is -3.50. The fourth-order valence-electron chi connectivity index (χ4n) is 3.47. The Bertz CT molecular complexity index is 1430. The molecule has 4 rings (SSSR count). The van der Waals surface area contributed by atoms with E-state index in [2.05, 4.69) is 10.3 Å². The molecule has 9 nitrogen and oxygen atoms in total. The molecule has 4 heterocycles. The summed E-state index contributed by atoms with van der Waals surface area (Å²) in [5, 5.41) is 8.14. The third-order valence-electron chi connectivity index (χ3n) is 5.31. The largest absolute Gasteiger partial charge is 0.364 e. The molecule has 0 aliphatic heterocycles. The summed E-state index contributed by atoms with van der Waals surface area (Å²) in [4.78, 5) is 41.6. The molecule has 0 spiro atoms. The zero-order chi connectivity index (χ0) is 25.3. The van der Waals surface area contributed by atoms with Gasteiger partial charge in [0.05, 0.1) is 34.9 Å². The van der Waals surface area contributed by atoms with Gasteiger partial charge in [-0.15, -0.1) is 11.3 Å². The fraction of sp³-hybridized carbons (Fsp3) is 0.292. The van der Waals surface area contributed by atoms with Crippen molar-refractivity contribution in [3.05, 3.63) is 74.0 Å². The highest BCUT2D eigenvalue weighted by Gasteiger charge is 2.29. The first-order valence-electron chi connectivity index (χ1n) is 10.8. The van der Waals surface area contributed by atoms with Crippen LogP contribution in [0, 0.1) is 5.41 Å². The van der Waals surface area contributed by atoms with Crippen LogP contribution >= 0.6 is 22.9 Å². The van der Waals surface area contributed by atoms with E-state index in [1.54, 1.807) is 18.2 Å². The van der Waals surface area contributed by atoms with E-state index >= 15 is 0 Å². The lowest BCUT2D eigenvalue weighted by Gasteiger charge is -2.22. The quantitative estimate of drug-likeness (QED) is 0.332. The third kappa shape index (κ3) is 5.28. The normalized spacial score (nSPS) is 11.6. The smallest absolute Gasteiger partial charge is 0.254 e. The topological polar surface area (TPSA) is 103 Å². The van der Waals surface area contributed by atoms with Crippen LogP contribution in [0.25, 0.3) is 11.4 Å². The van der Waals surface area contributed by atoms with Gasteiger partial charge in [0.25, 0.3) is 11.5 Å². The number of hydrogen-bond donors (Lipinski definition) is 0. The molecule has 0 N–H and O–H groups in total. The van der Waals surface area contributed by atoms with Gasteiger partial charge in [-0.05, 0) is 18.2 Å². The van der Waals surface area contributed by atoms with Crippen LogP contribution in [0.2, 0.25) is 4.34 Å². The number of carbonyl (C=O) groups excluding carboxylic acids is 2. The predicted octanol–water partition coefficient (Wildman–Crippen LogP) is 4.62. The third-order valence-corrected chi connectivity index (χ3v) is 6.52. The Labute approximate surface area is 210 Å². The Morgan fingerprint density at radius 1 is 1.20 bits per heavy atom. The molecule has 35 heavy (non-hydrogen) atoms. The summed E-state index contributed by atoms with van der Waals surface area (Å²) in [6.07, 6.45) is 2.53. The summed E-state index contributed by atoms with van der Waals surface area (Å²) in [7, 11) is 1.86. The minimum atomic E-state index is -0.703. The number of rotatable bonds is 7. The maximum atomic E-state index is 13.3. The Kier molecular flexibility index (Phi) is 6.77. The molecule has 0 bridgehead atoms. The molecule has 0 saturated heterocycles. The van der Waals surface area contributed by atoms with Gasteiger partial charge in [0, 0.05) is 29.5 Å². The second kappa shape index (κ2) is 9.63. The van der Waals surface area contributed by atoms with E-state index in [1.165, 1.54) is 39.1 Å². The van der Waals surface area contributed by atoms with Crippen LogP contribution in [-0.4, -0.2) is 38.2 Å². The average molecular weight is 514 g/mol. The first-order valence-corrected chi connectivity index (χ1v) is 12.0. The van der Waals surface area contributed by atoms with Gasteiger partial charge >= 0.3 is 0 Å². The maximum Gasteiger partial charge on any atom is 0.254 e. The number of Topliss-reactive ketones (excluding diaryl/α,β-unsaturated/α-hetero) is 1. The summed E-state index contributed by atoms with van der Waals surface area (Å²) in [6, 6.07) is 10.2. The van der Waals surface area contributed by atoms with Crippen molar-refractivity contribution in [1.82, 2.24) is 19.5 Å². The Morgan fingerprint density at radius 3 is 2.60 bits per heavy atom. The molecule has 4 aromatic rings. The molecule has 0 radical (unpaired) electrons. The number of pyridine rings is 1. The molecule has 0 amide bonds. The number of anilines is 1. The Morgan fingerprint density at radius 2 is 1.97 bits per heavy atom. The van der Waals surface area contributed by atoms with Crippen LogP contribution in [0.15, 0.2) is 58.2 Å². The van der Waals surface area contributed by atoms with Crippen molar-refractivity contribution >= 4 is 40.4 Å². The van der Waals surface area contributed by atoms with Gasteiger partial charge in [-0.3, -0.25) is 19.0 Å². The van der Waals surface area contributed by atoms with Crippen molar-refractivity contribution in [2.45, 2.75) is 33.9 Å². The van der Waals surface area contributed by atoms with Gasteiger partial charge in [-0.25, -0.2) is 0 Å². The maximum absolute atomic E-state index is 13.3. The number of hydrogen-bond acceptors (Lipinski definition) is 8. The highest BCUT2D eigenvalue weighted by atomic mass is 35.5. The van der Waals surface area contributed by atoms with Crippen molar-refractivity contribution in [3.63, 3.8) is 0 Å². The summed E-state index contributed by atoms with van der Waals surface area (Å²) in [5.41, 5.74) is -0.00509. The zero-order valence-corrected chi connectivity index (χ0v) is 21.3. The van der Waals surface area contributed by atoms with Crippen LogP contribution in [0.1, 0.15) is 40.8 Å². The van der Waals surface area contributed by atoms with E-state index in [0.717, 1.165) is 4.88 Å². The second-order valence-corrected chi connectivity index (χ2v) is 10.9. The molecule has 0 aliphatic rings. The average Bonchev–Trinajstić information content (AvgIpc) is 3.55. The van der Waals surface area contributed by atoms with Gasteiger partial charge in [-0.1, -0.05) is 43.6 Å². The van der Waals surface area contributed by atoms with Gasteiger partial charge in [0.2, 0.25) is 0 Å². The van der Waals surface area contributed by atoms with E-state index in [0.29, 0.717) is 28.1 Å². The van der Waals surface area contributed by atoms with E-state index in [1.807, 2.05) is 44.9 Å². The number of aromatic nitrogens is 4. The van der Waals surface area contributed by atoms with Gasteiger partial charge in [0.15, 0.2) is 5.78 Å². The molecule has 0 aliphatic carbocycles. The fourth-order valence-corrected chi connectivity index (χ4v) is 4.61. The lowest BCUT2D eigenvalue weighted by atomic mass is 9.96.